The molecule has 29 heavy (non-hydrogen) atoms. The van der Waals surface area contributed by atoms with E-state index in [0.717, 1.165) is 17.8 Å². The van der Waals surface area contributed by atoms with Crippen LogP contribution in [0.2, 0.25) is 5.02 Å². The highest BCUT2D eigenvalue weighted by Gasteiger charge is 2.12. The average molecular weight is 437 g/mol. The zero-order valence-electron chi connectivity index (χ0n) is 16.2. The summed E-state index contributed by atoms with van der Waals surface area (Å²) in [7, 11) is 0. The summed E-state index contributed by atoms with van der Waals surface area (Å²) in [5.41, 5.74) is 4.52. The Morgan fingerprint density at radius 1 is 1.21 bits per heavy atom. The molecule has 0 fully saturated rings. The number of benzene rings is 2. The fourth-order valence-corrected chi connectivity index (χ4v) is 3.20. The molecule has 1 aromatic heterocycles. The van der Waals surface area contributed by atoms with Crippen LogP contribution in [0.1, 0.15) is 30.8 Å². The molecule has 0 spiro atoms. The lowest BCUT2D eigenvalue weighted by Crippen LogP contribution is -2.17. The number of aromatic amines is 1. The van der Waals surface area contributed by atoms with Crippen LogP contribution >= 0.6 is 23.8 Å². The molecule has 0 bridgehead atoms. The summed E-state index contributed by atoms with van der Waals surface area (Å²) >= 11 is 11.3. The minimum Gasteiger partial charge on any atom is -0.490 e. The minimum atomic E-state index is -0.403. The highest BCUT2D eigenvalue weighted by atomic mass is 35.5. The monoisotopic (exact) mass is 436 g/mol. The van der Waals surface area contributed by atoms with Gasteiger partial charge in [-0.05, 0) is 49.0 Å². The number of aryl methyl sites for hydroxylation is 1. The second-order valence-electron chi connectivity index (χ2n) is 6.17. The van der Waals surface area contributed by atoms with Gasteiger partial charge >= 0.3 is 0 Å². The van der Waals surface area contributed by atoms with Gasteiger partial charge in [0.05, 0.1) is 18.2 Å². The van der Waals surface area contributed by atoms with Gasteiger partial charge in [0.1, 0.15) is 12.4 Å². The Morgan fingerprint density at radius 3 is 2.76 bits per heavy atom. The van der Waals surface area contributed by atoms with Gasteiger partial charge in [0, 0.05) is 12.0 Å². The van der Waals surface area contributed by atoms with Crippen molar-refractivity contribution in [2.45, 2.75) is 33.4 Å². The Labute approximate surface area is 178 Å². The summed E-state index contributed by atoms with van der Waals surface area (Å²) in [5.74, 6) is 1.51. The standard InChI is InChI=1S/C20H22ClFN4O2S/c1-3-19-24-25-20(29)26(19)23-11-13-8-9-17(18(10-13)27-4-2)28-12-14-15(21)6-5-7-16(14)22/h5-10,23H,3-4,11-12H2,1-2H3,(H,25,29). The normalized spacial score (nSPS) is 10.8. The van der Waals surface area contributed by atoms with E-state index < -0.39 is 5.82 Å². The summed E-state index contributed by atoms with van der Waals surface area (Å²) in [4.78, 5) is 0. The molecule has 3 rings (SSSR count). The van der Waals surface area contributed by atoms with Crippen LogP contribution in [0.3, 0.4) is 0 Å². The van der Waals surface area contributed by atoms with E-state index in [1.807, 2.05) is 26.0 Å². The van der Waals surface area contributed by atoms with Crippen molar-refractivity contribution in [1.82, 2.24) is 14.9 Å². The lowest BCUT2D eigenvalue weighted by Gasteiger charge is -2.15. The first kappa shape index (κ1) is 21.1. The zero-order chi connectivity index (χ0) is 20.8. The lowest BCUT2D eigenvalue weighted by atomic mass is 10.2. The molecule has 0 aliphatic heterocycles. The van der Waals surface area contributed by atoms with E-state index in [1.54, 1.807) is 22.9 Å². The van der Waals surface area contributed by atoms with E-state index >= 15 is 0 Å². The van der Waals surface area contributed by atoms with Crippen molar-refractivity contribution in [2.24, 2.45) is 0 Å². The molecule has 2 N–H and O–H groups in total. The molecule has 0 saturated heterocycles. The van der Waals surface area contributed by atoms with Gasteiger partial charge < -0.3 is 14.9 Å². The molecule has 1 heterocycles. The smallest absolute Gasteiger partial charge is 0.214 e. The average Bonchev–Trinajstić information content (AvgIpc) is 3.07. The third-order valence-corrected chi connectivity index (χ3v) is 4.87. The molecule has 3 aromatic rings. The maximum absolute atomic E-state index is 14.0. The lowest BCUT2D eigenvalue weighted by molar-refractivity contribution is 0.265. The van der Waals surface area contributed by atoms with Crippen molar-refractivity contribution >= 4 is 23.8 Å². The van der Waals surface area contributed by atoms with Crippen LogP contribution in [0, 0.1) is 10.6 Å². The van der Waals surface area contributed by atoms with Crippen molar-refractivity contribution in [3.63, 3.8) is 0 Å². The fourth-order valence-electron chi connectivity index (χ4n) is 2.77. The van der Waals surface area contributed by atoms with Crippen molar-refractivity contribution in [3.8, 4) is 11.5 Å². The van der Waals surface area contributed by atoms with E-state index in [2.05, 4.69) is 15.6 Å². The molecule has 0 amide bonds. The van der Waals surface area contributed by atoms with E-state index in [1.165, 1.54) is 6.07 Å². The van der Waals surface area contributed by atoms with Crippen LogP contribution in [0.5, 0.6) is 11.5 Å². The van der Waals surface area contributed by atoms with Crippen molar-refractivity contribution in [2.75, 3.05) is 12.0 Å². The third-order valence-electron chi connectivity index (χ3n) is 4.24. The maximum atomic E-state index is 14.0. The van der Waals surface area contributed by atoms with Gasteiger partial charge in [-0.15, -0.1) is 0 Å². The predicted octanol–water partition coefficient (Wildman–Crippen LogP) is 5.02. The van der Waals surface area contributed by atoms with Gasteiger partial charge in [-0.25, -0.2) is 9.07 Å². The zero-order valence-corrected chi connectivity index (χ0v) is 17.7. The van der Waals surface area contributed by atoms with E-state index in [9.17, 15) is 4.39 Å². The second kappa shape index (κ2) is 9.76. The van der Waals surface area contributed by atoms with E-state index in [-0.39, 0.29) is 6.61 Å². The van der Waals surface area contributed by atoms with Crippen molar-refractivity contribution < 1.29 is 13.9 Å². The van der Waals surface area contributed by atoms with Crippen molar-refractivity contribution in [3.05, 3.63) is 69.0 Å². The predicted molar refractivity (Wildman–Crippen MR) is 113 cm³/mol. The molecule has 6 nitrogen and oxygen atoms in total. The first-order chi connectivity index (χ1) is 14.0. The SMILES string of the molecule is CCOc1cc(CNn2c(CC)n[nH]c2=S)ccc1OCc1c(F)cccc1Cl. The van der Waals surface area contributed by atoms with Crippen LogP contribution < -0.4 is 14.9 Å². The van der Waals surface area contributed by atoms with Crippen LogP contribution in [0.25, 0.3) is 0 Å². The molecular weight excluding hydrogens is 415 g/mol. The maximum Gasteiger partial charge on any atom is 0.214 e. The molecule has 0 radical (unpaired) electrons. The van der Waals surface area contributed by atoms with Gasteiger partial charge in [-0.1, -0.05) is 30.7 Å². The summed E-state index contributed by atoms with van der Waals surface area (Å²) in [6, 6.07) is 10.1. The Morgan fingerprint density at radius 2 is 2.03 bits per heavy atom. The summed E-state index contributed by atoms with van der Waals surface area (Å²) in [5, 5.41) is 7.27. The second-order valence-corrected chi connectivity index (χ2v) is 6.97. The molecule has 0 saturated carbocycles. The highest BCUT2D eigenvalue weighted by molar-refractivity contribution is 7.71. The number of halogens is 2. The number of aromatic nitrogens is 3. The number of ether oxygens (including phenoxy) is 2. The number of H-pyrrole nitrogens is 1. The van der Waals surface area contributed by atoms with Gasteiger partial charge in [-0.3, -0.25) is 5.10 Å². The Kier molecular flexibility index (Phi) is 7.11. The minimum absolute atomic E-state index is 0.00716. The molecule has 9 heteroatoms. The van der Waals surface area contributed by atoms with Crippen LogP contribution in [0.4, 0.5) is 4.39 Å². The number of nitrogens with one attached hydrogen (secondary N) is 2. The number of hydrogen-bond donors (Lipinski definition) is 2. The molecule has 0 unspecified atom stereocenters. The van der Waals surface area contributed by atoms with E-state index in [4.69, 9.17) is 33.3 Å². The number of rotatable bonds is 9. The van der Waals surface area contributed by atoms with Crippen molar-refractivity contribution in [1.29, 1.82) is 0 Å². The van der Waals surface area contributed by atoms with Gasteiger partial charge in [0.25, 0.3) is 0 Å². The molecular formula is C20H22ClFN4O2S. The van der Waals surface area contributed by atoms with Crippen LogP contribution in [0.15, 0.2) is 36.4 Å². The topological polar surface area (TPSA) is 64.1 Å². The third kappa shape index (κ3) is 5.07. The summed E-state index contributed by atoms with van der Waals surface area (Å²) in [6.07, 6.45) is 0.746. The first-order valence-electron chi connectivity index (χ1n) is 9.25. The highest BCUT2D eigenvalue weighted by Crippen LogP contribution is 2.30. The Balaban J connectivity index is 1.74. The number of hydrogen-bond acceptors (Lipinski definition) is 5. The molecule has 0 aliphatic carbocycles. The fraction of sp³-hybridized carbons (Fsp3) is 0.300. The molecule has 0 atom stereocenters. The molecule has 2 aromatic carbocycles. The van der Waals surface area contributed by atoms with Gasteiger partial charge in [0.15, 0.2) is 17.3 Å². The summed E-state index contributed by atoms with van der Waals surface area (Å²) < 4.78 is 27.7. The van der Waals surface area contributed by atoms with Crippen LogP contribution in [-0.4, -0.2) is 21.5 Å². The largest absolute Gasteiger partial charge is 0.490 e. The molecule has 154 valence electrons. The molecule has 0 aliphatic rings. The quantitative estimate of drug-likeness (QED) is 0.461. The van der Waals surface area contributed by atoms with Gasteiger partial charge in [0.2, 0.25) is 4.77 Å². The van der Waals surface area contributed by atoms with E-state index in [0.29, 0.717) is 40.0 Å². The van der Waals surface area contributed by atoms with Crippen LogP contribution in [-0.2, 0) is 19.6 Å². The number of nitrogens with zero attached hydrogens (tertiary/aromatic N) is 2. The van der Waals surface area contributed by atoms with Gasteiger partial charge in [-0.2, -0.15) is 5.10 Å². The first-order valence-corrected chi connectivity index (χ1v) is 10.0. The Bertz CT molecular complexity index is 1020. The Hall–Kier alpha value is -2.58. The summed E-state index contributed by atoms with van der Waals surface area (Å²) in [6.45, 7) is 4.89.